The maximum Gasteiger partial charge on any atom is 0.179 e. The average Bonchev–Trinajstić information content (AvgIpc) is 2.59. The molecular formula is C19H25NO3S. The zero-order valence-electron chi connectivity index (χ0n) is 14.2. The minimum Gasteiger partial charge on any atom is -0.387 e. The van der Waals surface area contributed by atoms with Crippen LogP contribution in [0.3, 0.4) is 0 Å². The van der Waals surface area contributed by atoms with Gasteiger partial charge in [-0.05, 0) is 31.2 Å². The van der Waals surface area contributed by atoms with Crippen LogP contribution in [0.25, 0.3) is 0 Å². The fraction of sp³-hybridized carbons (Fsp3) is 0.368. The summed E-state index contributed by atoms with van der Waals surface area (Å²) in [5, 5.41) is 10.4. The lowest BCUT2D eigenvalue weighted by Gasteiger charge is -2.23. The van der Waals surface area contributed by atoms with Crippen LogP contribution in [0.5, 0.6) is 0 Å². The predicted molar refractivity (Wildman–Crippen MR) is 96.7 cm³/mol. The van der Waals surface area contributed by atoms with Crippen molar-refractivity contribution < 1.29 is 13.5 Å². The van der Waals surface area contributed by atoms with Crippen molar-refractivity contribution in [1.29, 1.82) is 0 Å². The van der Waals surface area contributed by atoms with Gasteiger partial charge in [0, 0.05) is 13.1 Å². The van der Waals surface area contributed by atoms with Gasteiger partial charge in [-0.3, -0.25) is 4.90 Å². The monoisotopic (exact) mass is 347 g/mol. The number of aliphatic hydroxyl groups is 1. The van der Waals surface area contributed by atoms with Crippen molar-refractivity contribution in [2.24, 2.45) is 0 Å². The van der Waals surface area contributed by atoms with Gasteiger partial charge in [-0.25, -0.2) is 8.42 Å². The quantitative estimate of drug-likeness (QED) is 0.798. The van der Waals surface area contributed by atoms with Gasteiger partial charge >= 0.3 is 0 Å². The van der Waals surface area contributed by atoms with Gasteiger partial charge in [0.15, 0.2) is 9.84 Å². The first-order valence-corrected chi connectivity index (χ1v) is 9.82. The molecule has 5 heteroatoms. The average molecular weight is 347 g/mol. The lowest BCUT2D eigenvalue weighted by Crippen LogP contribution is -2.33. The molecule has 0 saturated carbocycles. The Balaban J connectivity index is 1.96. The molecule has 0 radical (unpaired) electrons. The van der Waals surface area contributed by atoms with E-state index in [2.05, 4.69) is 0 Å². The molecule has 0 bridgehead atoms. The van der Waals surface area contributed by atoms with Gasteiger partial charge in [-0.15, -0.1) is 0 Å². The van der Waals surface area contributed by atoms with Gasteiger partial charge in [0.2, 0.25) is 0 Å². The molecule has 1 unspecified atom stereocenters. The van der Waals surface area contributed by atoms with Crippen LogP contribution >= 0.6 is 0 Å². The molecule has 0 saturated heterocycles. The second-order valence-corrected chi connectivity index (χ2v) is 8.06. The Bertz CT molecular complexity index is 727. The molecule has 0 aliphatic heterocycles. The third-order valence-corrected chi connectivity index (χ3v) is 5.83. The fourth-order valence-electron chi connectivity index (χ4n) is 2.51. The zero-order chi connectivity index (χ0) is 17.6. The number of aliphatic hydroxyl groups excluding tert-OH is 1. The molecule has 2 aromatic rings. The number of likely N-dealkylation sites (N-methyl/N-ethyl adjacent to an activating group) is 1. The number of benzene rings is 2. The minimum absolute atomic E-state index is 0.0471. The van der Waals surface area contributed by atoms with Crippen LogP contribution in [0, 0.1) is 6.92 Å². The molecule has 1 N–H and O–H groups in total. The minimum atomic E-state index is -3.29. The van der Waals surface area contributed by atoms with Crippen LogP contribution in [-0.2, 0) is 9.84 Å². The Morgan fingerprint density at radius 3 is 2.25 bits per heavy atom. The van der Waals surface area contributed by atoms with Gasteiger partial charge in [-0.1, -0.05) is 55.0 Å². The van der Waals surface area contributed by atoms with E-state index >= 15 is 0 Å². The van der Waals surface area contributed by atoms with E-state index in [1.165, 1.54) is 0 Å². The summed E-state index contributed by atoms with van der Waals surface area (Å²) in [7, 11) is -3.29. The molecule has 1 atom stereocenters. The zero-order valence-corrected chi connectivity index (χ0v) is 15.0. The molecule has 4 nitrogen and oxygen atoms in total. The van der Waals surface area contributed by atoms with Crippen molar-refractivity contribution in [3.8, 4) is 0 Å². The first kappa shape index (κ1) is 18.6. The van der Waals surface area contributed by atoms with Crippen LogP contribution in [0.2, 0.25) is 0 Å². The second-order valence-electron chi connectivity index (χ2n) is 5.95. The maximum absolute atomic E-state index is 12.4. The number of hydrogen-bond donors (Lipinski definition) is 1. The number of nitrogens with zero attached hydrogens (tertiary/aromatic N) is 1. The summed E-state index contributed by atoms with van der Waals surface area (Å²) in [5.74, 6) is 0.0471. The molecule has 0 aliphatic carbocycles. The van der Waals surface area contributed by atoms with Gasteiger partial charge in [0.25, 0.3) is 0 Å². The lowest BCUT2D eigenvalue weighted by atomic mass is 10.1. The molecule has 0 aromatic heterocycles. The Morgan fingerprint density at radius 1 is 1.04 bits per heavy atom. The largest absolute Gasteiger partial charge is 0.387 e. The first-order valence-electron chi connectivity index (χ1n) is 8.17. The van der Waals surface area contributed by atoms with Crippen LogP contribution in [0.4, 0.5) is 0 Å². The molecule has 0 spiro atoms. The maximum atomic E-state index is 12.4. The van der Waals surface area contributed by atoms with E-state index in [0.717, 1.165) is 11.1 Å². The summed E-state index contributed by atoms with van der Waals surface area (Å²) in [5.41, 5.74) is 2.00. The third kappa shape index (κ3) is 5.16. The molecule has 2 aromatic carbocycles. The van der Waals surface area contributed by atoms with Crippen molar-refractivity contribution >= 4 is 9.84 Å². The highest BCUT2D eigenvalue weighted by Crippen LogP contribution is 2.16. The molecule has 24 heavy (non-hydrogen) atoms. The Morgan fingerprint density at radius 2 is 1.67 bits per heavy atom. The van der Waals surface area contributed by atoms with E-state index < -0.39 is 15.9 Å². The highest BCUT2D eigenvalue weighted by molar-refractivity contribution is 7.91. The summed E-state index contributed by atoms with van der Waals surface area (Å²) >= 11 is 0. The molecule has 0 fully saturated rings. The third-order valence-electron chi connectivity index (χ3n) is 4.12. The first-order chi connectivity index (χ1) is 11.4. The predicted octanol–water partition coefficient (Wildman–Crippen LogP) is 2.82. The number of sulfone groups is 1. The van der Waals surface area contributed by atoms with Crippen LogP contribution in [0.1, 0.15) is 24.2 Å². The van der Waals surface area contributed by atoms with Gasteiger partial charge in [0.1, 0.15) is 0 Å². The van der Waals surface area contributed by atoms with E-state index in [-0.39, 0.29) is 5.75 Å². The molecule has 2 rings (SSSR count). The molecule has 0 aliphatic rings. The Kier molecular flexibility index (Phi) is 6.54. The highest BCUT2D eigenvalue weighted by Gasteiger charge is 2.18. The number of rotatable bonds is 8. The fourth-order valence-corrected chi connectivity index (χ4v) is 3.82. The van der Waals surface area contributed by atoms with E-state index in [1.54, 1.807) is 30.3 Å². The lowest BCUT2D eigenvalue weighted by molar-refractivity contribution is 0.119. The Labute approximate surface area is 144 Å². The van der Waals surface area contributed by atoms with Crippen molar-refractivity contribution in [2.45, 2.75) is 24.8 Å². The van der Waals surface area contributed by atoms with Crippen molar-refractivity contribution in [3.63, 3.8) is 0 Å². The summed E-state index contributed by atoms with van der Waals surface area (Å²) in [6, 6.07) is 16.2. The molecule has 0 amide bonds. The van der Waals surface area contributed by atoms with Gasteiger partial charge in [-0.2, -0.15) is 0 Å². The summed E-state index contributed by atoms with van der Waals surface area (Å²) in [6.07, 6.45) is -0.620. The molecule has 0 heterocycles. The van der Waals surface area contributed by atoms with Crippen LogP contribution < -0.4 is 0 Å². The molecule has 130 valence electrons. The summed E-state index contributed by atoms with van der Waals surface area (Å²) in [4.78, 5) is 2.31. The van der Waals surface area contributed by atoms with Crippen molar-refractivity contribution in [1.82, 2.24) is 4.90 Å². The van der Waals surface area contributed by atoms with E-state index in [9.17, 15) is 13.5 Å². The normalized spacial score (nSPS) is 13.2. The van der Waals surface area contributed by atoms with Gasteiger partial charge < -0.3 is 5.11 Å². The second kappa shape index (κ2) is 8.42. The smallest absolute Gasteiger partial charge is 0.179 e. The van der Waals surface area contributed by atoms with Crippen LogP contribution in [-0.4, -0.2) is 43.8 Å². The van der Waals surface area contributed by atoms with Crippen molar-refractivity contribution in [2.75, 3.05) is 25.4 Å². The summed E-state index contributed by atoms with van der Waals surface area (Å²) in [6.45, 7) is 5.48. The van der Waals surface area contributed by atoms with E-state index in [4.69, 9.17) is 0 Å². The number of aryl methyl sites for hydroxylation is 1. The van der Waals surface area contributed by atoms with E-state index in [1.807, 2.05) is 43.0 Å². The van der Waals surface area contributed by atoms with Crippen molar-refractivity contribution in [3.05, 3.63) is 65.7 Å². The summed E-state index contributed by atoms with van der Waals surface area (Å²) < 4.78 is 24.7. The Hall–Kier alpha value is -1.69. The topological polar surface area (TPSA) is 57.6 Å². The number of hydrogen-bond acceptors (Lipinski definition) is 4. The SMILES string of the molecule is CCN(CCS(=O)(=O)c1ccccc1)CC(O)c1ccc(C)cc1. The van der Waals surface area contributed by atoms with Crippen LogP contribution in [0.15, 0.2) is 59.5 Å². The van der Waals surface area contributed by atoms with E-state index in [0.29, 0.717) is 24.5 Å². The highest BCUT2D eigenvalue weighted by atomic mass is 32.2. The van der Waals surface area contributed by atoms with Gasteiger partial charge in [0.05, 0.1) is 16.8 Å². The standard InChI is InChI=1S/C19H25NO3S/c1-3-20(15-19(21)17-11-9-16(2)10-12-17)13-14-24(22,23)18-7-5-4-6-8-18/h4-12,19,21H,3,13-15H2,1-2H3. The molecular weight excluding hydrogens is 322 g/mol.